The molecule has 1 aliphatic heterocycles. The number of carboxylic acids is 1. The molecule has 1 amide bonds. The minimum atomic E-state index is -0.844. The third-order valence-electron chi connectivity index (χ3n) is 5.27. The monoisotopic (exact) mass is 340 g/mol. The summed E-state index contributed by atoms with van der Waals surface area (Å²) >= 11 is 0. The molecule has 2 heterocycles. The lowest BCUT2D eigenvalue weighted by Gasteiger charge is -2.17. The number of aromatic nitrogens is 1. The summed E-state index contributed by atoms with van der Waals surface area (Å²) in [5, 5.41) is 9.61. The second kappa shape index (κ2) is 6.75. The fraction of sp³-hybridized carbons (Fsp3) is 0.400. The molecule has 132 valence electrons. The zero-order valence-electron chi connectivity index (χ0n) is 14.9. The van der Waals surface area contributed by atoms with Crippen LogP contribution in [-0.4, -0.2) is 39.5 Å². The predicted octanol–water partition coefficient (Wildman–Crippen LogP) is 3.07. The standard InChI is InChI=1S/C20H24N2O3/c1-4-22-13(2)10-16(14(22)3)19(23)21-11-17(18(12-21)20(24)25)15-8-6-5-7-9-15/h5-10,17-18H,4,11-12H2,1-3H3,(H,24,25)/t17-,18+/m1/s1. The molecular formula is C20H24N2O3. The first-order valence-corrected chi connectivity index (χ1v) is 8.67. The van der Waals surface area contributed by atoms with E-state index in [-0.39, 0.29) is 18.4 Å². The maximum absolute atomic E-state index is 13.0. The van der Waals surface area contributed by atoms with E-state index in [0.29, 0.717) is 12.1 Å². The van der Waals surface area contributed by atoms with Gasteiger partial charge in [0.25, 0.3) is 5.91 Å². The third-order valence-corrected chi connectivity index (χ3v) is 5.27. The number of amides is 1. The fourth-order valence-electron chi connectivity index (χ4n) is 3.93. The van der Waals surface area contributed by atoms with Crippen LogP contribution < -0.4 is 0 Å². The van der Waals surface area contributed by atoms with E-state index in [1.165, 1.54) is 0 Å². The van der Waals surface area contributed by atoms with Crippen LogP contribution in [0.25, 0.3) is 0 Å². The Labute approximate surface area is 147 Å². The van der Waals surface area contributed by atoms with E-state index in [0.717, 1.165) is 23.5 Å². The molecular weight excluding hydrogens is 316 g/mol. The molecule has 0 unspecified atom stereocenters. The van der Waals surface area contributed by atoms with Crippen LogP contribution in [0.15, 0.2) is 36.4 Å². The first-order valence-electron chi connectivity index (χ1n) is 8.67. The van der Waals surface area contributed by atoms with Gasteiger partial charge in [-0.2, -0.15) is 0 Å². The quantitative estimate of drug-likeness (QED) is 0.930. The van der Waals surface area contributed by atoms with Crippen LogP contribution in [0.2, 0.25) is 0 Å². The van der Waals surface area contributed by atoms with Crippen LogP contribution in [0.3, 0.4) is 0 Å². The van der Waals surface area contributed by atoms with Gasteiger partial charge in [-0.05, 0) is 32.4 Å². The number of rotatable bonds is 4. The highest BCUT2D eigenvalue weighted by Gasteiger charge is 2.41. The van der Waals surface area contributed by atoms with Gasteiger partial charge in [-0.25, -0.2) is 0 Å². The highest BCUT2D eigenvalue weighted by atomic mass is 16.4. The molecule has 0 radical (unpaired) electrons. The Balaban J connectivity index is 1.89. The molecule has 1 N–H and O–H groups in total. The molecule has 25 heavy (non-hydrogen) atoms. The zero-order chi connectivity index (χ0) is 18.1. The number of benzene rings is 1. The van der Waals surface area contributed by atoms with Crippen LogP contribution in [0.4, 0.5) is 0 Å². The number of likely N-dealkylation sites (tertiary alicyclic amines) is 1. The van der Waals surface area contributed by atoms with Gasteiger partial charge in [0.2, 0.25) is 0 Å². The Hall–Kier alpha value is -2.56. The van der Waals surface area contributed by atoms with Crippen molar-refractivity contribution in [3.8, 4) is 0 Å². The molecule has 5 nitrogen and oxygen atoms in total. The van der Waals surface area contributed by atoms with E-state index in [4.69, 9.17) is 0 Å². The fourth-order valence-corrected chi connectivity index (χ4v) is 3.93. The predicted molar refractivity (Wildman–Crippen MR) is 95.8 cm³/mol. The molecule has 1 aromatic heterocycles. The molecule has 1 aliphatic rings. The number of hydrogen-bond acceptors (Lipinski definition) is 2. The molecule has 5 heteroatoms. The topological polar surface area (TPSA) is 62.5 Å². The average molecular weight is 340 g/mol. The summed E-state index contributed by atoms with van der Waals surface area (Å²) in [7, 11) is 0. The maximum Gasteiger partial charge on any atom is 0.308 e. The van der Waals surface area contributed by atoms with Gasteiger partial charge < -0.3 is 14.6 Å². The minimum absolute atomic E-state index is 0.0718. The van der Waals surface area contributed by atoms with Crippen molar-refractivity contribution in [2.24, 2.45) is 5.92 Å². The highest BCUT2D eigenvalue weighted by molar-refractivity contribution is 5.96. The van der Waals surface area contributed by atoms with E-state index in [1.807, 2.05) is 50.2 Å². The van der Waals surface area contributed by atoms with Gasteiger partial charge in [-0.3, -0.25) is 9.59 Å². The lowest BCUT2D eigenvalue weighted by atomic mass is 9.89. The van der Waals surface area contributed by atoms with Gasteiger partial charge in [0.15, 0.2) is 0 Å². The van der Waals surface area contributed by atoms with Crippen molar-refractivity contribution in [3.05, 3.63) is 58.9 Å². The van der Waals surface area contributed by atoms with Gasteiger partial charge in [-0.1, -0.05) is 30.3 Å². The van der Waals surface area contributed by atoms with Gasteiger partial charge in [0, 0.05) is 36.9 Å². The first-order chi connectivity index (χ1) is 11.9. The third kappa shape index (κ3) is 3.06. The van der Waals surface area contributed by atoms with Crippen LogP contribution in [0.1, 0.15) is 40.2 Å². The summed E-state index contributed by atoms with van der Waals surface area (Å²) in [5.74, 6) is -1.65. The normalized spacial score (nSPS) is 20.0. The van der Waals surface area contributed by atoms with Gasteiger partial charge in [0.05, 0.1) is 11.5 Å². The lowest BCUT2D eigenvalue weighted by molar-refractivity contribution is -0.141. The summed E-state index contributed by atoms with van der Waals surface area (Å²) in [6.45, 7) is 7.50. The molecule has 0 saturated carbocycles. The second-order valence-electron chi connectivity index (χ2n) is 6.70. The summed E-state index contributed by atoms with van der Waals surface area (Å²) in [5.41, 5.74) is 3.65. The Morgan fingerprint density at radius 1 is 1.16 bits per heavy atom. The number of carbonyl (C=O) groups is 2. The van der Waals surface area contributed by atoms with Crippen molar-refractivity contribution < 1.29 is 14.7 Å². The summed E-state index contributed by atoms with van der Waals surface area (Å²) < 4.78 is 2.10. The molecule has 2 atom stereocenters. The second-order valence-corrected chi connectivity index (χ2v) is 6.70. The molecule has 3 rings (SSSR count). The van der Waals surface area contributed by atoms with Crippen LogP contribution >= 0.6 is 0 Å². The van der Waals surface area contributed by atoms with E-state index < -0.39 is 11.9 Å². The van der Waals surface area contributed by atoms with E-state index in [2.05, 4.69) is 11.5 Å². The van der Waals surface area contributed by atoms with Crippen molar-refractivity contribution in [1.82, 2.24) is 9.47 Å². The minimum Gasteiger partial charge on any atom is -0.481 e. The summed E-state index contributed by atoms with van der Waals surface area (Å²) in [6, 6.07) is 11.5. The molecule has 1 saturated heterocycles. The van der Waals surface area contributed by atoms with Crippen molar-refractivity contribution in [2.75, 3.05) is 13.1 Å². The van der Waals surface area contributed by atoms with Crippen LogP contribution in [0, 0.1) is 19.8 Å². The van der Waals surface area contributed by atoms with Crippen molar-refractivity contribution >= 4 is 11.9 Å². The number of aryl methyl sites for hydroxylation is 1. The molecule has 1 fully saturated rings. The zero-order valence-corrected chi connectivity index (χ0v) is 14.9. The van der Waals surface area contributed by atoms with E-state index in [9.17, 15) is 14.7 Å². The Morgan fingerprint density at radius 2 is 1.84 bits per heavy atom. The van der Waals surface area contributed by atoms with Crippen LogP contribution in [0.5, 0.6) is 0 Å². The Morgan fingerprint density at radius 3 is 2.40 bits per heavy atom. The molecule has 0 aliphatic carbocycles. The SMILES string of the molecule is CCn1c(C)cc(C(=O)N2C[C@H](C(=O)O)[C@@H](c3ccccc3)C2)c1C. The molecule has 0 spiro atoms. The maximum atomic E-state index is 13.0. The number of carbonyl (C=O) groups excluding carboxylic acids is 1. The summed E-state index contributed by atoms with van der Waals surface area (Å²) in [4.78, 5) is 26.4. The van der Waals surface area contributed by atoms with Gasteiger partial charge >= 0.3 is 5.97 Å². The average Bonchev–Trinajstić information content (AvgIpc) is 3.17. The van der Waals surface area contributed by atoms with Crippen molar-refractivity contribution in [1.29, 1.82) is 0 Å². The number of carboxylic acid groups (broad SMARTS) is 1. The number of hydrogen-bond donors (Lipinski definition) is 1. The van der Waals surface area contributed by atoms with Crippen molar-refractivity contribution in [2.45, 2.75) is 33.2 Å². The first kappa shape index (κ1) is 17.3. The number of nitrogens with zero attached hydrogens (tertiary/aromatic N) is 2. The van der Waals surface area contributed by atoms with Crippen molar-refractivity contribution in [3.63, 3.8) is 0 Å². The molecule has 0 bridgehead atoms. The Bertz CT molecular complexity index is 795. The largest absolute Gasteiger partial charge is 0.481 e. The lowest BCUT2D eigenvalue weighted by Crippen LogP contribution is -2.30. The van der Waals surface area contributed by atoms with Crippen LogP contribution in [-0.2, 0) is 11.3 Å². The van der Waals surface area contributed by atoms with Gasteiger partial charge in [-0.15, -0.1) is 0 Å². The van der Waals surface area contributed by atoms with E-state index >= 15 is 0 Å². The van der Waals surface area contributed by atoms with E-state index in [1.54, 1.807) is 4.90 Å². The highest BCUT2D eigenvalue weighted by Crippen LogP contribution is 2.34. The number of aliphatic carboxylic acids is 1. The molecule has 1 aromatic carbocycles. The Kier molecular flexibility index (Phi) is 4.66. The summed E-state index contributed by atoms with van der Waals surface area (Å²) in [6.07, 6.45) is 0. The van der Waals surface area contributed by atoms with Gasteiger partial charge in [0.1, 0.15) is 0 Å². The smallest absolute Gasteiger partial charge is 0.308 e. The molecule has 2 aromatic rings.